The van der Waals surface area contributed by atoms with Crippen molar-refractivity contribution in [3.05, 3.63) is 35.4 Å². The SMILES string of the molecule is CCc1ccc(CC(=O)N[C@H](C)CCN2CCOCC2)cc1. The predicted octanol–water partition coefficient (Wildman–Crippen LogP) is 2.02. The topological polar surface area (TPSA) is 41.6 Å². The van der Waals surface area contributed by atoms with Gasteiger partial charge in [0.2, 0.25) is 5.91 Å². The van der Waals surface area contributed by atoms with E-state index in [0.717, 1.165) is 51.3 Å². The first-order valence-corrected chi connectivity index (χ1v) is 8.34. The van der Waals surface area contributed by atoms with E-state index in [9.17, 15) is 4.79 Å². The first-order valence-electron chi connectivity index (χ1n) is 8.34. The highest BCUT2D eigenvalue weighted by atomic mass is 16.5. The maximum atomic E-state index is 12.1. The van der Waals surface area contributed by atoms with Crippen molar-refractivity contribution in [2.45, 2.75) is 39.2 Å². The van der Waals surface area contributed by atoms with Crippen molar-refractivity contribution in [2.24, 2.45) is 0 Å². The van der Waals surface area contributed by atoms with Crippen molar-refractivity contribution in [1.82, 2.24) is 10.2 Å². The molecule has 1 heterocycles. The Balaban J connectivity index is 1.68. The average molecular weight is 304 g/mol. The number of nitrogens with zero attached hydrogens (tertiary/aromatic N) is 1. The number of hydrogen-bond donors (Lipinski definition) is 1. The van der Waals surface area contributed by atoms with Gasteiger partial charge in [-0.05, 0) is 30.9 Å². The number of benzene rings is 1. The molecule has 1 atom stereocenters. The summed E-state index contributed by atoms with van der Waals surface area (Å²) in [6.07, 6.45) is 2.48. The van der Waals surface area contributed by atoms with Gasteiger partial charge in [-0.25, -0.2) is 0 Å². The standard InChI is InChI=1S/C18H28N2O2/c1-3-16-4-6-17(7-5-16)14-18(21)19-15(2)8-9-20-10-12-22-13-11-20/h4-7,15H,3,8-14H2,1-2H3,(H,19,21)/t15-/m1/s1. The molecule has 1 N–H and O–H groups in total. The molecule has 0 aromatic heterocycles. The molecule has 0 aliphatic carbocycles. The van der Waals surface area contributed by atoms with E-state index in [0.29, 0.717) is 6.42 Å². The summed E-state index contributed by atoms with van der Waals surface area (Å²) in [4.78, 5) is 14.5. The molecule has 0 unspecified atom stereocenters. The molecule has 0 bridgehead atoms. The minimum absolute atomic E-state index is 0.110. The molecule has 1 amide bonds. The minimum atomic E-state index is 0.110. The zero-order valence-corrected chi connectivity index (χ0v) is 13.8. The predicted molar refractivity (Wildman–Crippen MR) is 89.0 cm³/mol. The van der Waals surface area contributed by atoms with Gasteiger partial charge in [-0.1, -0.05) is 31.2 Å². The summed E-state index contributed by atoms with van der Waals surface area (Å²) in [6, 6.07) is 8.52. The zero-order valence-electron chi connectivity index (χ0n) is 13.8. The fourth-order valence-electron chi connectivity index (χ4n) is 2.68. The highest BCUT2D eigenvalue weighted by Gasteiger charge is 2.13. The van der Waals surface area contributed by atoms with Gasteiger partial charge in [0.25, 0.3) is 0 Å². The summed E-state index contributed by atoms with van der Waals surface area (Å²) < 4.78 is 5.34. The van der Waals surface area contributed by atoms with E-state index in [4.69, 9.17) is 4.74 Å². The van der Waals surface area contributed by atoms with Crippen molar-refractivity contribution < 1.29 is 9.53 Å². The number of amides is 1. The molecule has 0 radical (unpaired) electrons. The van der Waals surface area contributed by atoms with Crippen LogP contribution in [0.4, 0.5) is 0 Å². The second kappa shape index (κ2) is 8.91. The number of carbonyl (C=O) groups excluding carboxylic acids is 1. The average Bonchev–Trinajstić information content (AvgIpc) is 2.54. The van der Waals surface area contributed by atoms with Gasteiger partial charge in [-0.2, -0.15) is 0 Å². The number of nitrogens with one attached hydrogen (secondary N) is 1. The molecule has 1 saturated heterocycles. The van der Waals surface area contributed by atoms with Crippen molar-refractivity contribution in [1.29, 1.82) is 0 Å². The number of hydrogen-bond acceptors (Lipinski definition) is 3. The third-order valence-electron chi connectivity index (χ3n) is 4.19. The van der Waals surface area contributed by atoms with Gasteiger partial charge in [-0.15, -0.1) is 0 Å². The molecule has 1 aliphatic heterocycles. The molecule has 0 spiro atoms. The van der Waals surface area contributed by atoms with Crippen molar-refractivity contribution >= 4 is 5.91 Å². The van der Waals surface area contributed by atoms with Crippen LogP contribution in [0.2, 0.25) is 0 Å². The fraction of sp³-hybridized carbons (Fsp3) is 0.611. The highest BCUT2D eigenvalue weighted by Crippen LogP contribution is 2.06. The molecule has 0 saturated carbocycles. The van der Waals surface area contributed by atoms with Crippen LogP contribution in [0.15, 0.2) is 24.3 Å². The summed E-state index contributed by atoms with van der Waals surface area (Å²) >= 11 is 0. The number of morpholine rings is 1. The van der Waals surface area contributed by atoms with Crippen LogP contribution in [0.25, 0.3) is 0 Å². The van der Waals surface area contributed by atoms with E-state index < -0.39 is 0 Å². The molecular formula is C18H28N2O2. The van der Waals surface area contributed by atoms with Gasteiger partial charge < -0.3 is 10.1 Å². The minimum Gasteiger partial charge on any atom is -0.379 e. The molecule has 2 rings (SSSR count). The lowest BCUT2D eigenvalue weighted by Gasteiger charge is -2.27. The summed E-state index contributed by atoms with van der Waals surface area (Å²) in [5, 5.41) is 3.10. The highest BCUT2D eigenvalue weighted by molar-refractivity contribution is 5.78. The second-order valence-electron chi connectivity index (χ2n) is 6.06. The van der Waals surface area contributed by atoms with Gasteiger partial charge in [0.05, 0.1) is 19.6 Å². The molecular weight excluding hydrogens is 276 g/mol. The van der Waals surface area contributed by atoms with Crippen LogP contribution in [0, 0.1) is 0 Å². The third kappa shape index (κ3) is 5.78. The Morgan fingerprint density at radius 2 is 1.86 bits per heavy atom. The van der Waals surface area contributed by atoms with Gasteiger partial charge >= 0.3 is 0 Å². The van der Waals surface area contributed by atoms with E-state index in [1.165, 1.54) is 5.56 Å². The van der Waals surface area contributed by atoms with Crippen LogP contribution in [0.3, 0.4) is 0 Å². The Labute approximate surface area is 133 Å². The van der Waals surface area contributed by atoms with Crippen molar-refractivity contribution in [2.75, 3.05) is 32.8 Å². The number of aryl methyl sites for hydroxylation is 1. The lowest BCUT2D eigenvalue weighted by atomic mass is 10.1. The van der Waals surface area contributed by atoms with E-state index in [2.05, 4.69) is 48.3 Å². The number of rotatable bonds is 7. The molecule has 4 heteroatoms. The Morgan fingerprint density at radius 1 is 1.23 bits per heavy atom. The van der Waals surface area contributed by atoms with E-state index in [1.807, 2.05) is 0 Å². The summed E-state index contributed by atoms with van der Waals surface area (Å²) in [6.45, 7) is 8.91. The largest absolute Gasteiger partial charge is 0.379 e. The van der Waals surface area contributed by atoms with Gasteiger partial charge in [0.1, 0.15) is 0 Å². The number of carbonyl (C=O) groups is 1. The molecule has 4 nitrogen and oxygen atoms in total. The van der Waals surface area contributed by atoms with Crippen LogP contribution >= 0.6 is 0 Å². The Morgan fingerprint density at radius 3 is 2.50 bits per heavy atom. The number of ether oxygens (including phenoxy) is 1. The molecule has 22 heavy (non-hydrogen) atoms. The first kappa shape index (κ1) is 17.0. The third-order valence-corrected chi connectivity index (χ3v) is 4.19. The van der Waals surface area contributed by atoms with E-state index in [1.54, 1.807) is 0 Å². The van der Waals surface area contributed by atoms with Crippen LogP contribution in [-0.2, 0) is 22.4 Å². The quantitative estimate of drug-likeness (QED) is 0.838. The van der Waals surface area contributed by atoms with Gasteiger partial charge in [0, 0.05) is 25.7 Å². The molecule has 122 valence electrons. The first-order chi connectivity index (χ1) is 10.7. The normalized spacial score (nSPS) is 17.2. The smallest absolute Gasteiger partial charge is 0.224 e. The van der Waals surface area contributed by atoms with Crippen molar-refractivity contribution in [3.8, 4) is 0 Å². The van der Waals surface area contributed by atoms with Gasteiger partial charge in [-0.3, -0.25) is 9.69 Å². The van der Waals surface area contributed by atoms with Crippen LogP contribution in [-0.4, -0.2) is 49.7 Å². The Kier molecular flexibility index (Phi) is 6.87. The lowest BCUT2D eigenvalue weighted by Crippen LogP contribution is -2.40. The van der Waals surface area contributed by atoms with Gasteiger partial charge in [0.15, 0.2) is 0 Å². The van der Waals surface area contributed by atoms with Crippen LogP contribution in [0.1, 0.15) is 31.4 Å². The molecule has 1 aromatic rings. The maximum absolute atomic E-state index is 12.1. The zero-order chi connectivity index (χ0) is 15.8. The molecule has 1 fully saturated rings. The monoisotopic (exact) mass is 304 g/mol. The van der Waals surface area contributed by atoms with Crippen LogP contribution < -0.4 is 5.32 Å². The summed E-state index contributed by atoms with van der Waals surface area (Å²) in [5.74, 6) is 0.110. The van der Waals surface area contributed by atoms with Crippen molar-refractivity contribution in [3.63, 3.8) is 0 Å². The summed E-state index contributed by atoms with van der Waals surface area (Å²) in [7, 11) is 0. The molecule has 1 aromatic carbocycles. The lowest BCUT2D eigenvalue weighted by molar-refractivity contribution is -0.121. The molecule has 1 aliphatic rings. The summed E-state index contributed by atoms with van der Waals surface area (Å²) in [5.41, 5.74) is 2.39. The van der Waals surface area contributed by atoms with Crippen LogP contribution in [0.5, 0.6) is 0 Å². The Hall–Kier alpha value is -1.39. The second-order valence-corrected chi connectivity index (χ2v) is 6.06. The Bertz CT molecular complexity index is 453. The maximum Gasteiger partial charge on any atom is 0.224 e. The fourth-order valence-corrected chi connectivity index (χ4v) is 2.68. The van der Waals surface area contributed by atoms with E-state index in [-0.39, 0.29) is 11.9 Å². The van der Waals surface area contributed by atoms with E-state index >= 15 is 0 Å².